The first-order valence-electron chi connectivity index (χ1n) is 6.00. The zero-order valence-electron chi connectivity index (χ0n) is 10.3. The number of carbonyl (C=O) groups is 1. The van der Waals surface area contributed by atoms with Crippen molar-refractivity contribution < 1.29 is 9.18 Å². The van der Waals surface area contributed by atoms with Crippen molar-refractivity contribution >= 4 is 28.3 Å². The highest BCUT2D eigenvalue weighted by Gasteiger charge is 2.14. The number of fused-ring (bicyclic) bond motifs is 1. The van der Waals surface area contributed by atoms with E-state index >= 15 is 0 Å². The minimum atomic E-state index is -0.617. The molecule has 0 saturated carbocycles. The van der Waals surface area contributed by atoms with Crippen LogP contribution in [0, 0.1) is 5.82 Å². The van der Waals surface area contributed by atoms with Gasteiger partial charge in [0.05, 0.1) is 11.1 Å². The van der Waals surface area contributed by atoms with E-state index in [1.54, 1.807) is 30.5 Å². The van der Waals surface area contributed by atoms with Crippen molar-refractivity contribution in [3.8, 4) is 0 Å². The summed E-state index contributed by atoms with van der Waals surface area (Å²) in [6, 6.07) is 12.8. The summed E-state index contributed by atoms with van der Waals surface area (Å²) in [5, 5.41) is 1.11. The fourth-order valence-corrected chi connectivity index (χ4v) is 2.20. The number of nitrogens with zero attached hydrogens (tertiary/aromatic N) is 1. The average molecular weight is 286 g/mol. The molecule has 0 unspecified atom stereocenters. The summed E-state index contributed by atoms with van der Waals surface area (Å²) in [4.78, 5) is 16.5. The average Bonchev–Trinajstić information content (AvgIpc) is 2.46. The number of hydrogen-bond acceptors (Lipinski definition) is 2. The molecule has 0 spiro atoms. The van der Waals surface area contributed by atoms with Crippen molar-refractivity contribution in [3.63, 3.8) is 0 Å². The normalized spacial score (nSPS) is 10.7. The van der Waals surface area contributed by atoms with E-state index in [4.69, 9.17) is 11.6 Å². The van der Waals surface area contributed by atoms with Crippen molar-refractivity contribution in [3.05, 3.63) is 76.7 Å². The van der Waals surface area contributed by atoms with Crippen LogP contribution in [0.3, 0.4) is 0 Å². The van der Waals surface area contributed by atoms with Gasteiger partial charge in [-0.1, -0.05) is 17.7 Å². The lowest BCUT2D eigenvalue weighted by atomic mass is 10.0. The first-order valence-corrected chi connectivity index (χ1v) is 6.37. The molecular formula is C16H9ClFNO. The van der Waals surface area contributed by atoms with Gasteiger partial charge >= 0.3 is 0 Å². The quantitative estimate of drug-likeness (QED) is 0.659. The summed E-state index contributed by atoms with van der Waals surface area (Å²) in [6.07, 6.45) is 1.68. The summed E-state index contributed by atoms with van der Waals surface area (Å²) >= 11 is 5.69. The first-order chi connectivity index (χ1) is 9.65. The van der Waals surface area contributed by atoms with Gasteiger partial charge in [-0.3, -0.25) is 9.78 Å². The second kappa shape index (κ2) is 5.02. The number of benzene rings is 2. The van der Waals surface area contributed by atoms with E-state index in [9.17, 15) is 9.18 Å². The Kier molecular flexibility index (Phi) is 3.20. The lowest BCUT2D eigenvalue weighted by Gasteiger charge is -2.04. The monoisotopic (exact) mass is 285 g/mol. The number of rotatable bonds is 2. The molecule has 0 aliphatic carbocycles. The molecule has 4 heteroatoms. The summed E-state index contributed by atoms with van der Waals surface area (Å²) in [5.41, 5.74) is 1.23. The molecule has 2 nitrogen and oxygen atoms in total. The molecule has 0 aliphatic rings. The molecular weight excluding hydrogens is 277 g/mol. The summed E-state index contributed by atoms with van der Waals surface area (Å²) in [5.74, 6) is -0.987. The molecule has 0 atom stereocenters. The number of pyridine rings is 1. The van der Waals surface area contributed by atoms with E-state index in [0.29, 0.717) is 5.56 Å². The van der Waals surface area contributed by atoms with Crippen LogP contribution in [-0.2, 0) is 0 Å². The number of aromatic nitrogens is 1. The van der Waals surface area contributed by atoms with Gasteiger partial charge < -0.3 is 0 Å². The molecule has 0 N–H and O–H groups in total. The lowest BCUT2D eigenvalue weighted by molar-refractivity contribution is 0.103. The predicted octanol–water partition coefficient (Wildman–Crippen LogP) is 4.26. The fraction of sp³-hybridized carbons (Fsp3) is 0. The SMILES string of the molecule is O=C(c1ccc2ncccc2c1)c1ccc(Cl)cc1F. The van der Waals surface area contributed by atoms with E-state index in [1.807, 2.05) is 6.07 Å². The van der Waals surface area contributed by atoms with Crippen LogP contribution in [0.1, 0.15) is 15.9 Å². The highest BCUT2D eigenvalue weighted by atomic mass is 35.5. The predicted molar refractivity (Wildman–Crippen MR) is 76.6 cm³/mol. The van der Waals surface area contributed by atoms with Gasteiger partial charge in [-0.2, -0.15) is 0 Å². The highest BCUT2D eigenvalue weighted by Crippen LogP contribution is 2.20. The fourth-order valence-electron chi connectivity index (χ4n) is 2.05. The van der Waals surface area contributed by atoms with Gasteiger partial charge in [0.15, 0.2) is 5.78 Å². The number of ketones is 1. The van der Waals surface area contributed by atoms with Gasteiger partial charge in [-0.05, 0) is 42.5 Å². The molecule has 1 heterocycles. The summed E-state index contributed by atoms with van der Waals surface area (Å²) in [6.45, 7) is 0. The molecule has 2 aromatic carbocycles. The van der Waals surface area contributed by atoms with E-state index in [0.717, 1.165) is 17.0 Å². The largest absolute Gasteiger partial charge is 0.288 e. The van der Waals surface area contributed by atoms with Crippen LogP contribution in [0.5, 0.6) is 0 Å². The second-order valence-corrected chi connectivity index (χ2v) is 4.80. The molecule has 0 bridgehead atoms. The van der Waals surface area contributed by atoms with Crippen LogP contribution in [0.4, 0.5) is 4.39 Å². The Labute approximate surface area is 119 Å². The lowest BCUT2D eigenvalue weighted by Crippen LogP contribution is -2.04. The zero-order chi connectivity index (χ0) is 14.1. The third-order valence-corrected chi connectivity index (χ3v) is 3.28. The molecule has 0 aliphatic heterocycles. The molecule has 98 valence electrons. The Morgan fingerprint density at radius 1 is 1.10 bits per heavy atom. The molecule has 20 heavy (non-hydrogen) atoms. The second-order valence-electron chi connectivity index (χ2n) is 4.36. The van der Waals surface area contributed by atoms with Crippen molar-refractivity contribution in [2.24, 2.45) is 0 Å². The summed E-state index contributed by atoms with van der Waals surface area (Å²) in [7, 11) is 0. The van der Waals surface area contributed by atoms with E-state index in [1.165, 1.54) is 12.1 Å². The standard InChI is InChI=1S/C16H9ClFNO/c17-12-4-5-13(14(18)9-12)16(20)11-3-6-15-10(8-11)2-1-7-19-15/h1-9H. The molecule has 3 rings (SSSR count). The Bertz CT molecular complexity index is 816. The third-order valence-electron chi connectivity index (χ3n) is 3.04. The Hall–Kier alpha value is -2.26. The molecule has 0 amide bonds. The first kappa shape index (κ1) is 12.8. The third kappa shape index (κ3) is 2.28. The van der Waals surface area contributed by atoms with Crippen molar-refractivity contribution in [2.75, 3.05) is 0 Å². The van der Waals surface area contributed by atoms with Crippen LogP contribution in [0.2, 0.25) is 5.02 Å². The molecule has 0 radical (unpaired) electrons. The molecule has 0 saturated heterocycles. The van der Waals surface area contributed by atoms with Crippen molar-refractivity contribution in [1.29, 1.82) is 0 Å². The van der Waals surface area contributed by atoms with Crippen LogP contribution in [0.15, 0.2) is 54.7 Å². The topological polar surface area (TPSA) is 30.0 Å². The Balaban J connectivity index is 2.08. The number of halogens is 2. The van der Waals surface area contributed by atoms with Crippen LogP contribution in [-0.4, -0.2) is 10.8 Å². The van der Waals surface area contributed by atoms with Crippen LogP contribution < -0.4 is 0 Å². The van der Waals surface area contributed by atoms with E-state index < -0.39 is 5.82 Å². The van der Waals surface area contributed by atoms with Crippen molar-refractivity contribution in [1.82, 2.24) is 4.98 Å². The maximum atomic E-state index is 13.8. The van der Waals surface area contributed by atoms with Crippen LogP contribution >= 0.6 is 11.6 Å². The smallest absolute Gasteiger partial charge is 0.195 e. The molecule has 1 aromatic heterocycles. The number of carbonyl (C=O) groups excluding carboxylic acids is 1. The highest BCUT2D eigenvalue weighted by molar-refractivity contribution is 6.30. The van der Waals surface area contributed by atoms with E-state index in [2.05, 4.69) is 4.98 Å². The van der Waals surface area contributed by atoms with Gasteiger partial charge in [0, 0.05) is 22.2 Å². The minimum absolute atomic E-state index is 0.0117. The van der Waals surface area contributed by atoms with E-state index in [-0.39, 0.29) is 16.4 Å². The van der Waals surface area contributed by atoms with Crippen molar-refractivity contribution in [2.45, 2.75) is 0 Å². The maximum Gasteiger partial charge on any atom is 0.195 e. The molecule has 0 fully saturated rings. The zero-order valence-corrected chi connectivity index (χ0v) is 11.1. The van der Waals surface area contributed by atoms with Gasteiger partial charge in [0.2, 0.25) is 0 Å². The van der Waals surface area contributed by atoms with Gasteiger partial charge in [0.25, 0.3) is 0 Å². The van der Waals surface area contributed by atoms with Gasteiger partial charge in [0.1, 0.15) is 5.82 Å². The Morgan fingerprint density at radius 2 is 1.95 bits per heavy atom. The maximum absolute atomic E-state index is 13.8. The van der Waals surface area contributed by atoms with Gasteiger partial charge in [-0.25, -0.2) is 4.39 Å². The van der Waals surface area contributed by atoms with Gasteiger partial charge in [-0.15, -0.1) is 0 Å². The summed E-state index contributed by atoms with van der Waals surface area (Å²) < 4.78 is 13.8. The Morgan fingerprint density at radius 3 is 2.75 bits per heavy atom. The minimum Gasteiger partial charge on any atom is -0.288 e. The molecule has 3 aromatic rings. The number of hydrogen-bond donors (Lipinski definition) is 0. The van der Waals surface area contributed by atoms with Crippen LogP contribution in [0.25, 0.3) is 10.9 Å².